The van der Waals surface area contributed by atoms with E-state index >= 15 is 0 Å². The molecule has 1 atom stereocenters. The predicted octanol–water partition coefficient (Wildman–Crippen LogP) is 0.0391. The second-order valence-corrected chi connectivity index (χ2v) is 4.68. The summed E-state index contributed by atoms with van der Waals surface area (Å²) in [5.74, 6) is -0.517. The minimum absolute atomic E-state index is 0.123. The Morgan fingerprint density at radius 1 is 1.22 bits per heavy atom. The van der Waals surface area contributed by atoms with E-state index in [1.54, 1.807) is 4.90 Å². The van der Waals surface area contributed by atoms with Crippen molar-refractivity contribution in [3.8, 4) is 0 Å². The number of carbonyl (C=O) groups is 2. The van der Waals surface area contributed by atoms with Crippen molar-refractivity contribution in [3.05, 3.63) is 29.8 Å². The number of nitrogens with one attached hydrogen (secondary N) is 1. The van der Waals surface area contributed by atoms with Crippen LogP contribution in [0.15, 0.2) is 24.3 Å². The smallest absolute Gasteiger partial charge is 0.246 e. The first-order valence-electron chi connectivity index (χ1n) is 5.97. The van der Waals surface area contributed by atoms with Gasteiger partial charge < -0.3 is 10.6 Å². The van der Waals surface area contributed by atoms with Crippen molar-refractivity contribution in [2.45, 2.75) is 19.4 Å². The molecule has 1 aromatic rings. The fraction of sp³-hybridized carbons (Fsp3) is 0.385. The van der Waals surface area contributed by atoms with Gasteiger partial charge in [-0.2, -0.15) is 0 Å². The molecule has 0 saturated carbocycles. The lowest BCUT2D eigenvalue weighted by Crippen LogP contribution is -2.51. The second kappa shape index (κ2) is 5.18. The Hall–Kier alpha value is -1.88. The van der Waals surface area contributed by atoms with Gasteiger partial charge in [0, 0.05) is 11.7 Å². The standard InChI is InChI=1S/C13H17N3O2/c1-9(14)6-10-2-4-11(5-3-10)16-7-12(17)15-13(18)8-16/h2-5,9H,6-8,14H2,1H3,(H,15,17,18). The van der Waals surface area contributed by atoms with E-state index in [1.807, 2.05) is 31.2 Å². The lowest BCUT2D eigenvalue weighted by molar-refractivity contribution is -0.130. The molecule has 2 amide bonds. The van der Waals surface area contributed by atoms with Gasteiger partial charge in [-0.1, -0.05) is 12.1 Å². The predicted molar refractivity (Wildman–Crippen MR) is 69.2 cm³/mol. The monoisotopic (exact) mass is 247 g/mol. The maximum Gasteiger partial charge on any atom is 0.246 e. The van der Waals surface area contributed by atoms with Crippen LogP contribution in [0, 0.1) is 0 Å². The number of amides is 2. The molecule has 1 saturated heterocycles. The van der Waals surface area contributed by atoms with Gasteiger partial charge in [0.05, 0.1) is 13.1 Å². The topological polar surface area (TPSA) is 75.4 Å². The minimum Gasteiger partial charge on any atom is -0.353 e. The summed E-state index contributed by atoms with van der Waals surface area (Å²) in [5, 5.41) is 2.28. The molecule has 0 radical (unpaired) electrons. The van der Waals surface area contributed by atoms with Gasteiger partial charge in [-0.05, 0) is 31.0 Å². The van der Waals surface area contributed by atoms with Crippen LogP contribution in [0.25, 0.3) is 0 Å². The SMILES string of the molecule is CC(N)Cc1ccc(N2CC(=O)NC(=O)C2)cc1. The molecule has 5 nitrogen and oxygen atoms in total. The summed E-state index contributed by atoms with van der Waals surface area (Å²) in [4.78, 5) is 24.3. The summed E-state index contributed by atoms with van der Waals surface area (Å²) in [6.07, 6.45) is 0.819. The molecule has 0 spiro atoms. The van der Waals surface area contributed by atoms with Crippen LogP contribution in [0.1, 0.15) is 12.5 Å². The molecule has 1 aliphatic rings. The Bertz CT molecular complexity index is 438. The van der Waals surface area contributed by atoms with Gasteiger partial charge in [0.25, 0.3) is 0 Å². The molecule has 1 fully saturated rings. The molecular formula is C13H17N3O2. The Morgan fingerprint density at radius 2 is 1.78 bits per heavy atom. The van der Waals surface area contributed by atoms with Crippen molar-refractivity contribution in [2.24, 2.45) is 5.73 Å². The van der Waals surface area contributed by atoms with Crippen LogP contribution >= 0.6 is 0 Å². The largest absolute Gasteiger partial charge is 0.353 e. The molecule has 3 N–H and O–H groups in total. The maximum absolute atomic E-state index is 11.3. The number of rotatable bonds is 3. The van der Waals surface area contributed by atoms with E-state index in [9.17, 15) is 9.59 Å². The van der Waals surface area contributed by atoms with Gasteiger partial charge in [-0.15, -0.1) is 0 Å². The van der Waals surface area contributed by atoms with Crippen molar-refractivity contribution >= 4 is 17.5 Å². The summed E-state index contributed by atoms with van der Waals surface area (Å²) in [6.45, 7) is 2.40. The average Bonchev–Trinajstić information content (AvgIpc) is 2.27. The Kier molecular flexibility index (Phi) is 3.62. The zero-order valence-electron chi connectivity index (χ0n) is 10.3. The molecule has 5 heteroatoms. The number of piperazine rings is 1. The normalized spacial score (nSPS) is 17.6. The van der Waals surface area contributed by atoms with Crippen molar-refractivity contribution in [1.29, 1.82) is 0 Å². The van der Waals surface area contributed by atoms with Gasteiger partial charge in [-0.25, -0.2) is 0 Å². The summed E-state index contributed by atoms with van der Waals surface area (Å²) < 4.78 is 0. The van der Waals surface area contributed by atoms with Gasteiger partial charge in [0.1, 0.15) is 0 Å². The van der Waals surface area contributed by atoms with E-state index in [-0.39, 0.29) is 30.9 Å². The number of nitrogens with two attached hydrogens (primary N) is 1. The lowest BCUT2D eigenvalue weighted by atomic mass is 10.1. The molecule has 1 aliphatic heterocycles. The Labute approximate surface area is 106 Å². The summed E-state index contributed by atoms with van der Waals surface area (Å²) in [7, 11) is 0. The third kappa shape index (κ3) is 3.07. The molecule has 2 rings (SSSR count). The van der Waals surface area contributed by atoms with E-state index in [2.05, 4.69) is 5.32 Å². The Balaban J connectivity index is 2.09. The van der Waals surface area contributed by atoms with E-state index < -0.39 is 0 Å². The molecular weight excluding hydrogens is 230 g/mol. The Morgan fingerprint density at radius 3 is 2.28 bits per heavy atom. The molecule has 1 heterocycles. The van der Waals surface area contributed by atoms with Crippen LogP contribution in [-0.2, 0) is 16.0 Å². The second-order valence-electron chi connectivity index (χ2n) is 4.68. The van der Waals surface area contributed by atoms with Crippen LogP contribution in [-0.4, -0.2) is 30.9 Å². The van der Waals surface area contributed by atoms with Crippen molar-refractivity contribution in [2.75, 3.05) is 18.0 Å². The van der Waals surface area contributed by atoms with Gasteiger partial charge in [0.15, 0.2) is 0 Å². The van der Waals surface area contributed by atoms with Crippen LogP contribution in [0.2, 0.25) is 0 Å². The number of carbonyl (C=O) groups excluding carboxylic acids is 2. The first-order chi connectivity index (χ1) is 8.54. The number of benzene rings is 1. The van der Waals surface area contributed by atoms with Crippen molar-refractivity contribution in [3.63, 3.8) is 0 Å². The lowest BCUT2D eigenvalue weighted by Gasteiger charge is -2.27. The van der Waals surface area contributed by atoms with Gasteiger partial charge >= 0.3 is 0 Å². The van der Waals surface area contributed by atoms with E-state index in [0.29, 0.717) is 0 Å². The van der Waals surface area contributed by atoms with E-state index in [1.165, 1.54) is 0 Å². The average molecular weight is 247 g/mol. The third-order valence-corrected chi connectivity index (χ3v) is 2.81. The highest BCUT2D eigenvalue weighted by Gasteiger charge is 2.22. The van der Waals surface area contributed by atoms with E-state index in [0.717, 1.165) is 17.7 Å². The number of hydrogen-bond donors (Lipinski definition) is 2. The molecule has 0 aromatic heterocycles. The first-order valence-corrected chi connectivity index (χ1v) is 5.97. The van der Waals surface area contributed by atoms with Crippen LogP contribution in [0.4, 0.5) is 5.69 Å². The van der Waals surface area contributed by atoms with E-state index in [4.69, 9.17) is 5.73 Å². The zero-order valence-corrected chi connectivity index (χ0v) is 10.3. The number of imide groups is 1. The summed E-state index contributed by atoms with van der Waals surface area (Å²) in [6, 6.07) is 7.93. The number of nitrogens with zero attached hydrogens (tertiary/aromatic N) is 1. The van der Waals surface area contributed by atoms with Crippen molar-refractivity contribution in [1.82, 2.24) is 5.32 Å². The highest BCUT2D eigenvalue weighted by atomic mass is 16.2. The van der Waals surface area contributed by atoms with Crippen molar-refractivity contribution < 1.29 is 9.59 Å². The third-order valence-electron chi connectivity index (χ3n) is 2.81. The summed E-state index contributed by atoms with van der Waals surface area (Å²) in [5.41, 5.74) is 7.77. The van der Waals surface area contributed by atoms with Crippen LogP contribution < -0.4 is 16.0 Å². The fourth-order valence-electron chi connectivity index (χ4n) is 2.03. The number of hydrogen-bond acceptors (Lipinski definition) is 4. The highest BCUT2D eigenvalue weighted by molar-refractivity contribution is 6.02. The molecule has 1 aromatic carbocycles. The van der Waals surface area contributed by atoms with Gasteiger partial charge in [-0.3, -0.25) is 14.9 Å². The maximum atomic E-state index is 11.3. The first kappa shape index (κ1) is 12.6. The highest BCUT2D eigenvalue weighted by Crippen LogP contribution is 2.16. The van der Waals surface area contributed by atoms with Crippen LogP contribution in [0.5, 0.6) is 0 Å². The fourth-order valence-corrected chi connectivity index (χ4v) is 2.03. The molecule has 18 heavy (non-hydrogen) atoms. The molecule has 96 valence electrons. The minimum atomic E-state index is -0.258. The molecule has 0 bridgehead atoms. The molecule has 1 unspecified atom stereocenters. The van der Waals surface area contributed by atoms with Crippen LogP contribution in [0.3, 0.4) is 0 Å². The zero-order chi connectivity index (χ0) is 13.1. The quantitative estimate of drug-likeness (QED) is 0.739. The molecule has 0 aliphatic carbocycles. The summed E-state index contributed by atoms with van der Waals surface area (Å²) >= 11 is 0. The number of anilines is 1. The van der Waals surface area contributed by atoms with Gasteiger partial charge in [0.2, 0.25) is 11.8 Å².